The van der Waals surface area contributed by atoms with E-state index in [1.54, 1.807) is 0 Å². The van der Waals surface area contributed by atoms with Gasteiger partial charge in [0.15, 0.2) is 0 Å². The van der Waals surface area contributed by atoms with Crippen LogP contribution in [-0.2, 0) is 0 Å². The third-order valence-electron chi connectivity index (χ3n) is 2.29. The molecule has 3 heteroatoms. The topological polar surface area (TPSA) is 41.3 Å². The Morgan fingerprint density at radius 1 is 1.23 bits per heavy atom. The minimum atomic E-state index is 0.542. The summed E-state index contributed by atoms with van der Waals surface area (Å²) in [6, 6.07) is 0.647. The van der Waals surface area contributed by atoms with Crippen molar-refractivity contribution in [2.75, 3.05) is 13.2 Å². The molecule has 0 spiro atoms. The summed E-state index contributed by atoms with van der Waals surface area (Å²) in [7, 11) is 0. The zero-order valence-electron chi connectivity index (χ0n) is 9.34. The zero-order valence-corrected chi connectivity index (χ0v) is 9.34. The van der Waals surface area contributed by atoms with E-state index in [0.717, 1.165) is 6.54 Å². The Bertz CT molecular complexity index is 100. The van der Waals surface area contributed by atoms with Crippen LogP contribution in [0.25, 0.3) is 0 Å². The lowest BCUT2D eigenvalue weighted by atomic mass is 10.1. The zero-order chi connectivity index (χ0) is 10.1. The van der Waals surface area contributed by atoms with E-state index >= 15 is 0 Å². The second-order valence-electron chi connectivity index (χ2n) is 3.41. The second-order valence-corrected chi connectivity index (χ2v) is 3.41. The van der Waals surface area contributed by atoms with Gasteiger partial charge in [-0.3, -0.25) is 0 Å². The summed E-state index contributed by atoms with van der Waals surface area (Å²) in [4.78, 5) is 0. The van der Waals surface area contributed by atoms with Crippen LogP contribution in [0.15, 0.2) is 0 Å². The SMILES string of the molecule is CCCC(CC)N(CCC)NCN. The fourth-order valence-corrected chi connectivity index (χ4v) is 1.66. The molecule has 1 atom stereocenters. The Kier molecular flexibility index (Phi) is 8.40. The van der Waals surface area contributed by atoms with Gasteiger partial charge in [-0.05, 0) is 19.3 Å². The first-order valence-corrected chi connectivity index (χ1v) is 5.50. The van der Waals surface area contributed by atoms with Crippen molar-refractivity contribution in [3.8, 4) is 0 Å². The molecule has 0 aromatic rings. The molecule has 0 bridgehead atoms. The molecule has 0 aromatic carbocycles. The summed E-state index contributed by atoms with van der Waals surface area (Å²) < 4.78 is 0. The first kappa shape index (κ1) is 12.9. The van der Waals surface area contributed by atoms with Crippen molar-refractivity contribution >= 4 is 0 Å². The lowest BCUT2D eigenvalue weighted by molar-refractivity contribution is 0.114. The largest absolute Gasteiger partial charge is 0.317 e. The minimum absolute atomic E-state index is 0.542. The molecule has 0 radical (unpaired) electrons. The summed E-state index contributed by atoms with van der Waals surface area (Å²) in [5.74, 6) is 0. The molecule has 3 nitrogen and oxygen atoms in total. The standard InChI is InChI=1S/C10H25N3/c1-4-7-10(6-3)13(8-5-2)12-9-11/h10,12H,4-9,11H2,1-3H3. The highest BCUT2D eigenvalue weighted by atomic mass is 15.5. The predicted octanol–water partition coefficient (Wildman–Crippen LogP) is 1.70. The van der Waals surface area contributed by atoms with Gasteiger partial charge >= 0.3 is 0 Å². The Labute approximate surface area is 82.6 Å². The van der Waals surface area contributed by atoms with Crippen molar-refractivity contribution in [3.05, 3.63) is 0 Å². The number of hydrogen-bond acceptors (Lipinski definition) is 3. The van der Waals surface area contributed by atoms with Crippen LogP contribution in [0.3, 0.4) is 0 Å². The molecule has 0 heterocycles. The van der Waals surface area contributed by atoms with Crippen molar-refractivity contribution < 1.29 is 0 Å². The van der Waals surface area contributed by atoms with Crippen LogP contribution in [0.1, 0.15) is 46.5 Å². The van der Waals surface area contributed by atoms with Crippen LogP contribution in [0.5, 0.6) is 0 Å². The van der Waals surface area contributed by atoms with E-state index in [2.05, 4.69) is 31.2 Å². The van der Waals surface area contributed by atoms with E-state index in [4.69, 9.17) is 5.73 Å². The molecule has 3 N–H and O–H groups in total. The van der Waals surface area contributed by atoms with Gasteiger partial charge in [-0.1, -0.05) is 27.2 Å². The summed E-state index contributed by atoms with van der Waals surface area (Å²) in [6.45, 7) is 8.30. The van der Waals surface area contributed by atoms with Crippen LogP contribution in [0.2, 0.25) is 0 Å². The fraction of sp³-hybridized carbons (Fsp3) is 1.00. The molecular formula is C10H25N3. The van der Waals surface area contributed by atoms with Crippen LogP contribution in [0.4, 0.5) is 0 Å². The van der Waals surface area contributed by atoms with E-state index in [-0.39, 0.29) is 0 Å². The molecule has 1 unspecified atom stereocenters. The predicted molar refractivity (Wildman–Crippen MR) is 58.2 cm³/mol. The van der Waals surface area contributed by atoms with Gasteiger partial charge in [0, 0.05) is 12.6 Å². The number of nitrogens with two attached hydrogens (primary N) is 1. The van der Waals surface area contributed by atoms with Gasteiger partial charge in [-0.2, -0.15) is 0 Å². The summed E-state index contributed by atoms with van der Waals surface area (Å²) >= 11 is 0. The molecule has 0 saturated heterocycles. The molecule has 0 amide bonds. The summed E-state index contributed by atoms with van der Waals surface area (Å²) in [6.07, 6.45) is 4.86. The van der Waals surface area contributed by atoms with Crippen molar-refractivity contribution in [1.29, 1.82) is 0 Å². The number of hydrazine groups is 1. The van der Waals surface area contributed by atoms with Crippen molar-refractivity contribution in [3.63, 3.8) is 0 Å². The monoisotopic (exact) mass is 187 g/mol. The maximum atomic E-state index is 5.50. The van der Waals surface area contributed by atoms with Gasteiger partial charge in [0.1, 0.15) is 0 Å². The third-order valence-corrected chi connectivity index (χ3v) is 2.29. The van der Waals surface area contributed by atoms with Gasteiger partial charge in [-0.25, -0.2) is 10.4 Å². The van der Waals surface area contributed by atoms with E-state index < -0.39 is 0 Å². The average Bonchev–Trinajstić information content (AvgIpc) is 2.14. The highest BCUT2D eigenvalue weighted by Crippen LogP contribution is 2.08. The normalized spacial score (nSPS) is 13.6. The van der Waals surface area contributed by atoms with Gasteiger partial charge in [0.05, 0.1) is 6.67 Å². The smallest absolute Gasteiger partial charge is 0.0567 e. The van der Waals surface area contributed by atoms with Crippen molar-refractivity contribution in [1.82, 2.24) is 10.4 Å². The van der Waals surface area contributed by atoms with Crippen LogP contribution < -0.4 is 11.2 Å². The Morgan fingerprint density at radius 2 is 1.92 bits per heavy atom. The Morgan fingerprint density at radius 3 is 2.31 bits per heavy atom. The van der Waals surface area contributed by atoms with Crippen molar-refractivity contribution in [2.45, 2.75) is 52.5 Å². The molecule has 0 aromatic heterocycles. The molecule has 0 rings (SSSR count). The van der Waals surface area contributed by atoms with Gasteiger partial charge < -0.3 is 5.73 Å². The lowest BCUT2D eigenvalue weighted by Gasteiger charge is -2.30. The fourth-order valence-electron chi connectivity index (χ4n) is 1.66. The molecule has 0 saturated carbocycles. The molecule has 80 valence electrons. The lowest BCUT2D eigenvalue weighted by Crippen LogP contribution is -2.48. The molecule has 0 aliphatic rings. The number of nitrogens with one attached hydrogen (secondary N) is 1. The second kappa shape index (κ2) is 8.48. The number of hydrogen-bond donors (Lipinski definition) is 2. The summed E-state index contributed by atoms with van der Waals surface area (Å²) in [5.41, 5.74) is 8.73. The Hall–Kier alpha value is -0.120. The quantitative estimate of drug-likeness (QED) is 0.449. The van der Waals surface area contributed by atoms with Crippen LogP contribution >= 0.6 is 0 Å². The molecule has 0 aliphatic carbocycles. The van der Waals surface area contributed by atoms with E-state index in [0.29, 0.717) is 12.7 Å². The molecule has 0 aliphatic heterocycles. The average molecular weight is 187 g/mol. The highest BCUT2D eigenvalue weighted by Gasteiger charge is 2.13. The first-order chi connectivity index (χ1) is 6.29. The summed E-state index contributed by atoms with van der Waals surface area (Å²) in [5, 5.41) is 2.30. The van der Waals surface area contributed by atoms with Crippen LogP contribution in [0, 0.1) is 0 Å². The first-order valence-electron chi connectivity index (χ1n) is 5.50. The number of nitrogens with zero attached hydrogens (tertiary/aromatic N) is 1. The minimum Gasteiger partial charge on any atom is -0.317 e. The van der Waals surface area contributed by atoms with Gasteiger partial charge in [-0.15, -0.1) is 0 Å². The third kappa shape index (κ3) is 5.24. The van der Waals surface area contributed by atoms with Crippen molar-refractivity contribution in [2.24, 2.45) is 5.73 Å². The van der Waals surface area contributed by atoms with E-state index in [9.17, 15) is 0 Å². The van der Waals surface area contributed by atoms with Gasteiger partial charge in [0.25, 0.3) is 0 Å². The molecule has 0 fully saturated rings. The number of rotatable bonds is 8. The van der Waals surface area contributed by atoms with Gasteiger partial charge in [0.2, 0.25) is 0 Å². The highest BCUT2D eigenvalue weighted by molar-refractivity contribution is 4.65. The van der Waals surface area contributed by atoms with E-state index in [1.165, 1.54) is 25.7 Å². The molecular weight excluding hydrogens is 162 g/mol. The Balaban J connectivity index is 3.94. The van der Waals surface area contributed by atoms with E-state index in [1.807, 2.05) is 0 Å². The maximum absolute atomic E-state index is 5.50. The van der Waals surface area contributed by atoms with Crippen LogP contribution in [-0.4, -0.2) is 24.3 Å². The maximum Gasteiger partial charge on any atom is 0.0567 e. The molecule has 13 heavy (non-hydrogen) atoms.